The smallest absolute Gasteiger partial charge is 0.0575 e. The van der Waals surface area contributed by atoms with Crippen molar-refractivity contribution in [3.8, 4) is 0 Å². The molecule has 0 spiro atoms. The van der Waals surface area contributed by atoms with E-state index < -0.39 is 0 Å². The average Bonchev–Trinajstić information content (AvgIpc) is 2.63. The number of rotatable bonds is 10. The van der Waals surface area contributed by atoms with E-state index in [9.17, 15) is 0 Å². The van der Waals surface area contributed by atoms with E-state index in [4.69, 9.17) is 4.74 Å². The maximum absolute atomic E-state index is 6.13. The molecule has 0 saturated heterocycles. The Hall–Kier alpha value is -0.300. The van der Waals surface area contributed by atoms with Crippen molar-refractivity contribution in [2.75, 3.05) is 6.61 Å². The fraction of sp³-hybridized carbons (Fsp3) is 0.913. The third-order valence-corrected chi connectivity index (χ3v) is 6.42. The Balaban J connectivity index is 1.56. The number of unbranched alkanes of at least 4 members (excludes halogenated alkanes) is 4. The van der Waals surface area contributed by atoms with Crippen LogP contribution in [0.15, 0.2) is 12.2 Å². The first kappa shape index (κ1) is 20.0. The summed E-state index contributed by atoms with van der Waals surface area (Å²) < 4.78 is 6.13. The van der Waals surface area contributed by atoms with Crippen LogP contribution in [0.4, 0.5) is 0 Å². The largest absolute Gasteiger partial charge is 0.378 e. The summed E-state index contributed by atoms with van der Waals surface area (Å²) in [7, 11) is 0. The van der Waals surface area contributed by atoms with E-state index in [0.29, 0.717) is 6.10 Å². The van der Waals surface area contributed by atoms with E-state index in [1.165, 1.54) is 89.9 Å². The van der Waals surface area contributed by atoms with Crippen molar-refractivity contribution in [1.29, 1.82) is 0 Å². The standard InChI is InChI=1S/C23H42O/c1-3-5-7-9-19-24-23-17-15-22(16-18-23)21-13-11-20(12-14-21)10-8-6-4-2/h8,10,20-23H,3-7,9,11-19H2,1-2H3/b10-8+/t20-,21-,22?,23?. The molecule has 0 aromatic rings. The van der Waals surface area contributed by atoms with Crippen LogP contribution in [0, 0.1) is 17.8 Å². The van der Waals surface area contributed by atoms with Crippen LogP contribution in [-0.2, 0) is 4.74 Å². The van der Waals surface area contributed by atoms with Gasteiger partial charge >= 0.3 is 0 Å². The van der Waals surface area contributed by atoms with E-state index in [1.807, 2.05) is 0 Å². The molecule has 0 atom stereocenters. The van der Waals surface area contributed by atoms with Gasteiger partial charge in [-0.2, -0.15) is 0 Å². The molecule has 2 rings (SSSR count). The third-order valence-electron chi connectivity index (χ3n) is 6.42. The lowest BCUT2D eigenvalue weighted by Gasteiger charge is -2.37. The average molecular weight is 335 g/mol. The summed E-state index contributed by atoms with van der Waals surface area (Å²) in [6.07, 6.45) is 24.7. The van der Waals surface area contributed by atoms with Gasteiger partial charge in [0.2, 0.25) is 0 Å². The summed E-state index contributed by atoms with van der Waals surface area (Å²) in [5.74, 6) is 2.91. The van der Waals surface area contributed by atoms with Gasteiger partial charge in [0.1, 0.15) is 0 Å². The minimum absolute atomic E-state index is 0.580. The Bertz CT molecular complexity index is 319. The highest BCUT2D eigenvalue weighted by Gasteiger charge is 2.30. The maximum atomic E-state index is 6.13. The van der Waals surface area contributed by atoms with Crippen molar-refractivity contribution in [2.45, 2.75) is 110 Å². The molecule has 2 saturated carbocycles. The molecule has 1 heteroatoms. The summed E-state index contributed by atoms with van der Waals surface area (Å²) in [5.41, 5.74) is 0. The Labute approximate surface area is 151 Å². The Morgan fingerprint density at radius 1 is 0.750 bits per heavy atom. The SMILES string of the molecule is CCC/C=C/[C@H]1CC[C@H](C2CCC(OCCCCCC)CC2)CC1. The van der Waals surface area contributed by atoms with Gasteiger partial charge in [-0.3, -0.25) is 0 Å². The number of hydrogen-bond donors (Lipinski definition) is 0. The second-order valence-corrected chi connectivity index (χ2v) is 8.36. The van der Waals surface area contributed by atoms with Crippen LogP contribution in [-0.4, -0.2) is 12.7 Å². The van der Waals surface area contributed by atoms with Crippen LogP contribution in [0.3, 0.4) is 0 Å². The second kappa shape index (κ2) is 12.1. The van der Waals surface area contributed by atoms with Gasteiger partial charge in [0.15, 0.2) is 0 Å². The first-order valence-corrected chi connectivity index (χ1v) is 11.1. The van der Waals surface area contributed by atoms with E-state index in [0.717, 1.165) is 24.4 Å². The first-order chi connectivity index (χ1) is 11.8. The molecular formula is C23H42O. The molecule has 0 aromatic carbocycles. The quantitative estimate of drug-likeness (QED) is 0.301. The Morgan fingerprint density at radius 3 is 2.04 bits per heavy atom. The molecule has 24 heavy (non-hydrogen) atoms. The van der Waals surface area contributed by atoms with Gasteiger partial charge in [0, 0.05) is 6.61 Å². The molecule has 0 heterocycles. The summed E-state index contributed by atoms with van der Waals surface area (Å²) in [5, 5.41) is 0. The molecule has 0 amide bonds. The first-order valence-electron chi connectivity index (χ1n) is 11.1. The zero-order chi connectivity index (χ0) is 17.0. The Kier molecular flexibility index (Phi) is 10.1. The number of hydrogen-bond acceptors (Lipinski definition) is 1. The van der Waals surface area contributed by atoms with Crippen LogP contribution < -0.4 is 0 Å². The van der Waals surface area contributed by atoms with Crippen LogP contribution in [0.25, 0.3) is 0 Å². The summed E-state index contributed by atoms with van der Waals surface area (Å²) >= 11 is 0. The summed E-state index contributed by atoms with van der Waals surface area (Å²) in [4.78, 5) is 0. The fourth-order valence-electron chi connectivity index (χ4n) is 4.77. The molecule has 2 aliphatic rings. The van der Waals surface area contributed by atoms with Crippen molar-refractivity contribution in [1.82, 2.24) is 0 Å². The molecule has 0 aromatic heterocycles. The monoisotopic (exact) mass is 334 g/mol. The van der Waals surface area contributed by atoms with E-state index in [2.05, 4.69) is 26.0 Å². The second-order valence-electron chi connectivity index (χ2n) is 8.36. The van der Waals surface area contributed by atoms with Crippen molar-refractivity contribution in [3.63, 3.8) is 0 Å². The van der Waals surface area contributed by atoms with Gasteiger partial charge in [-0.25, -0.2) is 0 Å². The molecule has 1 nitrogen and oxygen atoms in total. The highest BCUT2D eigenvalue weighted by Crippen LogP contribution is 2.40. The molecule has 2 fully saturated rings. The van der Waals surface area contributed by atoms with Gasteiger partial charge in [-0.1, -0.05) is 51.7 Å². The van der Waals surface area contributed by atoms with Crippen molar-refractivity contribution in [2.24, 2.45) is 17.8 Å². The van der Waals surface area contributed by atoms with Crippen molar-refractivity contribution in [3.05, 3.63) is 12.2 Å². The van der Waals surface area contributed by atoms with Crippen LogP contribution in [0.1, 0.15) is 104 Å². The lowest BCUT2D eigenvalue weighted by Crippen LogP contribution is -2.28. The summed E-state index contributed by atoms with van der Waals surface area (Å²) in [6.45, 7) is 5.55. The molecule has 0 bridgehead atoms. The molecule has 0 unspecified atom stereocenters. The van der Waals surface area contributed by atoms with Gasteiger partial charge < -0.3 is 4.74 Å². The third kappa shape index (κ3) is 7.30. The molecule has 0 aliphatic heterocycles. The van der Waals surface area contributed by atoms with Crippen LogP contribution in [0.5, 0.6) is 0 Å². The molecular weight excluding hydrogens is 292 g/mol. The highest BCUT2D eigenvalue weighted by atomic mass is 16.5. The summed E-state index contributed by atoms with van der Waals surface area (Å²) in [6, 6.07) is 0. The molecule has 2 aliphatic carbocycles. The lowest BCUT2D eigenvalue weighted by atomic mass is 9.70. The molecule has 140 valence electrons. The predicted molar refractivity (Wildman–Crippen MR) is 105 cm³/mol. The fourth-order valence-corrected chi connectivity index (χ4v) is 4.77. The highest BCUT2D eigenvalue weighted by molar-refractivity contribution is 4.92. The van der Waals surface area contributed by atoms with E-state index in [-0.39, 0.29) is 0 Å². The molecule has 0 radical (unpaired) electrons. The molecule has 0 N–H and O–H groups in total. The van der Waals surface area contributed by atoms with Crippen molar-refractivity contribution >= 4 is 0 Å². The zero-order valence-corrected chi connectivity index (χ0v) is 16.5. The van der Waals surface area contributed by atoms with Crippen molar-refractivity contribution < 1.29 is 4.74 Å². The maximum Gasteiger partial charge on any atom is 0.0575 e. The predicted octanol–water partition coefficient (Wildman–Crippen LogP) is 7.30. The normalized spacial score (nSPS) is 31.6. The van der Waals surface area contributed by atoms with Crippen LogP contribution >= 0.6 is 0 Å². The van der Waals surface area contributed by atoms with E-state index in [1.54, 1.807) is 0 Å². The van der Waals surface area contributed by atoms with Gasteiger partial charge in [-0.15, -0.1) is 0 Å². The van der Waals surface area contributed by atoms with E-state index >= 15 is 0 Å². The van der Waals surface area contributed by atoms with Gasteiger partial charge in [0.05, 0.1) is 6.10 Å². The topological polar surface area (TPSA) is 9.23 Å². The minimum atomic E-state index is 0.580. The van der Waals surface area contributed by atoms with Gasteiger partial charge in [-0.05, 0) is 82.0 Å². The Morgan fingerprint density at radius 2 is 1.42 bits per heavy atom. The number of allylic oxidation sites excluding steroid dienone is 2. The minimum Gasteiger partial charge on any atom is -0.378 e. The van der Waals surface area contributed by atoms with Crippen LogP contribution in [0.2, 0.25) is 0 Å². The van der Waals surface area contributed by atoms with Gasteiger partial charge in [0.25, 0.3) is 0 Å². The lowest BCUT2D eigenvalue weighted by molar-refractivity contribution is 0.00597. The zero-order valence-electron chi connectivity index (χ0n) is 16.5. The number of ether oxygens (including phenoxy) is 1.